The van der Waals surface area contributed by atoms with Gasteiger partial charge in [0.15, 0.2) is 5.76 Å². The molecule has 0 aliphatic rings. The first kappa shape index (κ1) is 10.3. The average Bonchev–Trinajstić information content (AvgIpc) is 2.84. The van der Waals surface area contributed by atoms with Crippen LogP contribution in [0, 0.1) is 10.1 Å². The van der Waals surface area contributed by atoms with Crippen LogP contribution < -0.4 is 5.73 Å². The fraction of sp³-hybridized carbons (Fsp3) is 0.250. The molecule has 2 heterocycles. The van der Waals surface area contributed by atoms with Crippen LogP contribution in [0.25, 0.3) is 11.5 Å². The smallest absolute Gasteiger partial charge is 0.399 e. The van der Waals surface area contributed by atoms with E-state index >= 15 is 0 Å². The Balaban J connectivity index is 2.24. The lowest BCUT2D eigenvalue weighted by Gasteiger charge is -1.92. The molecule has 0 amide bonds. The van der Waals surface area contributed by atoms with Crippen molar-refractivity contribution in [1.29, 1.82) is 0 Å². The molecule has 2 aromatic heterocycles. The van der Waals surface area contributed by atoms with Gasteiger partial charge in [-0.15, -0.1) is 5.10 Å². The lowest BCUT2D eigenvalue weighted by molar-refractivity contribution is -0.401. The highest BCUT2D eigenvalue weighted by atomic mass is 16.6. The van der Waals surface area contributed by atoms with Gasteiger partial charge < -0.3 is 10.2 Å². The minimum absolute atomic E-state index is 0.315. The minimum atomic E-state index is -0.603. The molecule has 16 heavy (non-hydrogen) atoms. The second-order valence-corrected chi connectivity index (χ2v) is 3.05. The topological polar surface area (TPSA) is 113 Å². The maximum absolute atomic E-state index is 10.4. The van der Waals surface area contributed by atoms with E-state index in [1.165, 1.54) is 12.1 Å². The number of hydrogen-bond acceptors (Lipinski definition) is 6. The molecule has 0 saturated carbocycles. The molecular formula is C8H9N5O3. The summed E-state index contributed by atoms with van der Waals surface area (Å²) in [6, 6.07) is 2.76. The molecular weight excluding hydrogens is 214 g/mol. The Hall–Kier alpha value is -2.22. The van der Waals surface area contributed by atoms with Crippen LogP contribution in [-0.4, -0.2) is 26.5 Å². The summed E-state index contributed by atoms with van der Waals surface area (Å²) in [5.74, 6) is -0.00153. The zero-order valence-electron chi connectivity index (χ0n) is 8.24. The van der Waals surface area contributed by atoms with Crippen LogP contribution in [0.3, 0.4) is 0 Å². The van der Waals surface area contributed by atoms with Crippen LogP contribution in [0.4, 0.5) is 5.88 Å². The average molecular weight is 223 g/mol. The Morgan fingerprint density at radius 1 is 1.56 bits per heavy atom. The van der Waals surface area contributed by atoms with E-state index in [1.807, 2.05) is 0 Å². The molecule has 2 N–H and O–H groups in total. The summed E-state index contributed by atoms with van der Waals surface area (Å²) in [4.78, 5) is 9.80. The van der Waals surface area contributed by atoms with Gasteiger partial charge in [-0.3, -0.25) is 14.8 Å². The Morgan fingerprint density at radius 2 is 2.38 bits per heavy atom. The van der Waals surface area contributed by atoms with Gasteiger partial charge in [-0.1, -0.05) is 5.21 Å². The zero-order valence-corrected chi connectivity index (χ0v) is 8.24. The Morgan fingerprint density at radius 3 is 3.00 bits per heavy atom. The molecule has 0 aromatic carbocycles. The second kappa shape index (κ2) is 4.11. The third-order valence-electron chi connectivity index (χ3n) is 1.92. The van der Waals surface area contributed by atoms with Crippen LogP contribution in [-0.2, 0) is 6.54 Å². The first-order chi connectivity index (χ1) is 7.70. The van der Waals surface area contributed by atoms with Crippen molar-refractivity contribution in [3.8, 4) is 11.5 Å². The molecule has 0 aliphatic carbocycles. The van der Waals surface area contributed by atoms with E-state index in [2.05, 4.69) is 10.3 Å². The van der Waals surface area contributed by atoms with Crippen molar-refractivity contribution in [3.63, 3.8) is 0 Å². The molecule has 2 rings (SSSR count). The van der Waals surface area contributed by atoms with Crippen molar-refractivity contribution in [2.24, 2.45) is 5.73 Å². The van der Waals surface area contributed by atoms with E-state index in [0.29, 0.717) is 24.5 Å². The maximum atomic E-state index is 10.4. The van der Waals surface area contributed by atoms with Gasteiger partial charge in [0.1, 0.15) is 10.6 Å². The molecule has 84 valence electrons. The fourth-order valence-electron chi connectivity index (χ4n) is 1.22. The molecule has 0 spiro atoms. The van der Waals surface area contributed by atoms with Gasteiger partial charge in [0.25, 0.3) is 0 Å². The highest BCUT2D eigenvalue weighted by molar-refractivity contribution is 5.51. The van der Waals surface area contributed by atoms with Crippen LogP contribution in [0.1, 0.15) is 0 Å². The van der Waals surface area contributed by atoms with Gasteiger partial charge in [0.2, 0.25) is 0 Å². The SMILES string of the molecule is NCCn1cc(-c2ccc([N+](=O)[O-])o2)nn1. The molecule has 0 radical (unpaired) electrons. The van der Waals surface area contributed by atoms with E-state index in [4.69, 9.17) is 10.2 Å². The van der Waals surface area contributed by atoms with Gasteiger partial charge >= 0.3 is 5.88 Å². The number of furan rings is 1. The van der Waals surface area contributed by atoms with Crippen molar-refractivity contribution in [1.82, 2.24) is 15.0 Å². The Kier molecular flexibility index (Phi) is 2.64. The fourth-order valence-corrected chi connectivity index (χ4v) is 1.22. The van der Waals surface area contributed by atoms with Crippen molar-refractivity contribution >= 4 is 5.88 Å². The normalized spacial score (nSPS) is 10.6. The summed E-state index contributed by atoms with van der Waals surface area (Å²) >= 11 is 0. The van der Waals surface area contributed by atoms with Gasteiger partial charge in [0, 0.05) is 6.54 Å². The van der Waals surface area contributed by atoms with Gasteiger partial charge in [-0.05, 0) is 6.07 Å². The molecule has 0 unspecified atom stereocenters. The number of nitro groups is 1. The monoisotopic (exact) mass is 223 g/mol. The molecule has 0 saturated heterocycles. The molecule has 8 nitrogen and oxygen atoms in total. The summed E-state index contributed by atoms with van der Waals surface area (Å²) in [6.07, 6.45) is 1.62. The summed E-state index contributed by atoms with van der Waals surface area (Å²) in [7, 11) is 0. The van der Waals surface area contributed by atoms with Gasteiger partial charge in [-0.2, -0.15) is 0 Å². The van der Waals surface area contributed by atoms with Crippen molar-refractivity contribution in [2.75, 3.05) is 6.54 Å². The predicted molar refractivity (Wildman–Crippen MR) is 53.4 cm³/mol. The minimum Gasteiger partial charge on any atom is -0.399 e. The lowest BCUT2D eigenvalue weighted by Crippen LogP contribution is -2.10. The van der Waals surface area contributed by atoms with Crippen LogP contribution >= 0.6 is 0 Å². The van der Waals surface area contributed by atoms with Crippen LogP contribution in [0.5, 0.6) is 0 Å². The van der Waals surface area contributed by atoms with E-state index in [0.717, 1.165) is 0 Å². The number of nitrogens with two attached hydrogens (primary N) is 1. The molecule has 2 aromatic rings. The van der Waals surface area contributed by atoms with Gasteiger partial charge in [-0.25, -0.2) is 0 Å². The first-order valence-electron chi connectivity index (χ1n) is 4.55. The molecule has 8 heteroatoms. The molecule has 0 bridgehead atoms. The number of hydrogen-bond donors (Lipinski definition) is 1. The quantitative estimate of drug-likeness (QED) is 0.593. The zero-order chi connectivity index (χ0) is 11.5. The summed E-state index contributed by atoms with van der Waals surface area (Å²) in [6.45, 7) is 0.983. The van der Waals surface area contributed by atoms with Crippen molar-refractivity contribution in [2.45, 2.75) is 6.54 Å². The summed E-state index contributed by atoms with van der Waals surface area (Å²) in [5, 5.41) is 18.0. The summed E-state index contributed by atoms with van der Waals surface area (Å²) < 4.78 is 6.52. The van der Waals surface area contributed by atoms with Crippen molar-refractivity contribution < 1.29 is 9.34 Å². The van der Waals surface area contributed by atoms with Crippen LogP contribution in [0.15, 0.2) is 22.7 Å². The molecule has 0 atom stereocenters. The largest absolute Gasteiger partial charge is 0.433 e. The second-order valence-electron chi connectivity index (χ2n) is 3.05. The Labute approximate surface area is 89.8 Å². The van der Waals surface area contributed by atoms with E-state index in [9.17, 15) is 10.1 Å². The highest BCUT2D eigenvalue weighted by Crippen LogP contribution is 2.23. The number of rotatable bonds is 4. The van der Waals surface area contributed by atoms with Gasteiger partial charge in [0.05, 0.1) is 18.8 Å². The lowest BCUT2D eigenvalue weighted by atomic mass is 10.3. The Bertz CT molecular complexity index is 503. The number of aromatic nitrogens is 3. The molecule has 0 fully saturated rings. The third-order valence-corrected chi connectivity index (χ3v) is 1.92. The predicted octanol–water partition coefficient (Wildman–Crippen LogP) is 0.405. The van der Waals surface area contributed by atoms with Crippen LogP contribution in [0.2, 0.25) is 0 Å². The highest BCUT2D eigenvalue weighted by Gasteiger charge is 2.15. The van der Waals surface area contributed by atoms with Crippen molar-refractivity contribution in [3.05, 3.63) is 28.4 Å². The van der Waals surface area contributed by atoms with E-state index in [1.54, 1.807) is 10.9 Å². The first-order valence-corrected chi connectivity index (χ1v) is 4.55. The molecule has 0 aliphatic heterocycles. The number of nitrogens with zero attached hydrogens (tertiary/aromatic N) is 4. The van der Waals surface area contributed by atoms with E-state index < -0.39 is 4.92 Å². The van der Waals surface area contributed by atoms with E-state index in [-0.39, 0.29) is 5.88 Å². The summed E-state index contributed by atoms with van der Waals surface area (Å²) in [5.41, 5.74) is 5.80. The third kappa shape index (κ3) is 1.91. The maximum Gasteiger partial charge on any atom is 0.433 e. The standard InChI is InChI=1S/C8H9N5O3/c9-3-4-12-5-6(10-11-12)7-1-2-8(16-7)13(14)15/h1-2,5H,3-4,9H2.